The summed E-state index contributed by atoms with van der Waals surface area (Å²) in [7, 11) is -2.22. The van der Waals surface area contributed by atoms with Gasteiger partial charge in [-0.05, 0) is 25.8 Å². The molecule has 1 atom stereocenters. The van der Waals surface area contributed by atoms with E-state index in [1.54, 1.807) is 18.7 Å². The van der Waals surface area contributed by atoms with E-state index in [4.69, 9.17) is 9.26 Å². The van der Waals surface area contributed by atoms with Crippen LogP contribution in [-0.2, 0) is 27.9 Å². The minimum Gasteiger partial charge on any atom is -0.377 e. The highest BCUT2D eigenvalue weighted by atomic mass is 32.2. The lowest BCUT2D eigenvalue weighted by Crippen LogP contribution is -2.33. The molecule has 1 aliphatic heterocycles. The molecule has 1 N–H and O–H groups in total. The SMILES string of the molecule is COCc1nc2n(n1)CCC[C@H]2NS(=O)(=O)c1cnc2onc(C)c2c1. The smallest absolute Gasteiger partial charge is 0.257 e. The van der Waals surface area contributed by atoms with E-state index >= 15 is 0 Å². The summed E-state index contributed by atoms with van der Waals surface area (Å²) in [6.07, 6.45) is 2.71. The fourth-order valence-corrected chi connectivity index (χ4v) is 4.23. The summed E-state index contributed by atoms with van der Waals surface area (Å²) >= 11 is 0. The molecule has 10 nitrogen and oxygen atoms in total. The third kappa shape index (κ3) is 2.97. The minimum atomic E-state index is -3.79. The van der Waals surface area contributed by atoms with Gasteiger partial charge < -0.3 is 9.26 Å². The average Bonchev–Trinajstić information content (AvgIpc) is 3.19. The van der Waals surface area contributed by atoms with Crippen LogP contribution in [0.25, 0.3) is 11.1 Å². The van der Waals surface area contributed by atoms with Gasteiger partial charge in [0.2, 0.25) is 10.0 Å². The van der Waals surface area contributed by atoms with Gasteiger partial charge in [0.05, 0.1) is 23.3 Å². The lowest BCUT2D eigenvalue weighted by molar-refractivity contribution is 0.177. The number of sulfonamides is 1. The first kappa shape index (κ1) is 17.1. The molecule has 138 valence electrons. The second-order valence-corrected chi connectivity index (χ2v) is 7.86. The molecule has 4 heterocycles. The summed E-state index contributed by atoms with van der Waals surface area (Å²) < 4.78 is 40.2. The number of aryl methyl sites for hydroxylation is 2. The van der Waals surface area contributed by atoms with Crippen LogP contribution >= 0.6 is 0 Å². The van der Waals surface area contributed by atoms with Crippen molar-refractivity contribution in [2.75, 3.05) is 7.11 Å². The van der Waals surface area contributed by atoms with Crippen LogP contribution in [0, 0.1) is 6.92 Å². The molecule has 0 saturated heterocycles. The van der Waals surface area contributed by atoms with Gasteiger partial charge in [0.15, 0.2) is 5.82 Å². The Hall–Kier alpha value is -2.37. The van der Waals surface area contributed by atoms with Gasteiger partial charge in [-0.25, -0.2) is 27.8 Å². The summed E-state index contributed by atoms with van der Waals surface area (Å²) in [4.78, 5) is 8.51. The number of aromatic nitrogens is 5. The Kier molecular flexibility index (Phi) is 4.21. The fourth-order valence-electron chi connectivity index (χ4n) is 3.03. The Labute approximate surface area is 149 Å². The Morgan fingerprint density at radius 1 is 1.46 bits per heavy atom. The number of fused-ring (bicyclic) bond motifs is 2. The van der Waals surface area contributed by atoms with E-state index in [9.17, 15) is 8.42 Å². The van der Waals surface area contributed by atoms with Gasteiger partial charge in [-0.2, -0.15) is 5.10 Å². The first-order valence-corrected chi connectivity index (χ1v) is 9.63. The van der Waals surface area contributed by atoms with Crippen molar-refractivity contribution in [3.8, 4) is 0 Å². The number of nitrogens with one attached hydrogen (secondary N) is 1. The molecule has 0 aliphatic carbocycles. The van der Waals surface area contributed by atoms with Crippen LogP contribution in [0.3, 0.4) is 0 Å². The minimum absolute atomic E-state index is 0.0602. The number of ether oxygens (including phenoxy) is 1. The number of hydrogen-bond donors (Lipinski definition) is 1. The van der Waals surface area contributed by atoms with Crippen molar-refractivity contribution in [1.29, 1.82) is 0 Å². The predicted molar refractivity (Wildman–Crippen MR) is 89.6 cm³/mol. The number of methoxy groups -OCH3 is 1. The van der Waals surface area contributed by atoms with Gasteiger partial charge in [0.1, 0.15) is 17.3 Å². The fraction of sp³-hybridized carbons (Fsp3) is 0.467. The number of nitrogens with zero attached hydrogens (tertiary/aromatic N) is 5. The second kappa shape index (κ2) is 6.41. The van der Waals surface area contributed by atoms with Crippen LogP contribution in [0.5, 0.6) is 0 Å². The highest BCUT2D eigenvalue weighted by Gasteiger charge is 2.29. The van der Waals surface area contributed by atoms with Crippen LogP contribution < -0.4 is 4.72 Å². The van der Waals surface area contributed by atoms with E-state index in [2.05, 4.69) is 24.9 Å². The van der Waals surface area contributed by atoms with Gasteiger partial charge in [0.25, 0.3) is 5.71 Å². The molecule has 0 fully saturated rings. The van der Waals surface area contributed by atoms with Crippen LogP contribution in [0.4, 0.5) is 0 Å². The molecule has 0 unspecified atom stereocenters. The summed E-state index contributed by atoms with van der Waals surface area (Å²) in [6.45, 7) is 2.72. The summed E-state index contributed by atoms with van der Waals surface area (Å²) in [5.74, 6) is 1.14. The third-order valence-electron chi connectivity index (χ3n) is 4.28. The molecule has 0 spiro atoms. The van der Waals surface area contributed by atoms with Crippen molar-refractivity contribution in [2.24, 2.45) is 0 Å². The lowest BCUT2D eigenvalue weighted by atomic mass is 10.1. The summed E-state index contributed by atoms with van der Waals surface area (Å²) in [5.41, 5.74) is 0.897. The van der Waals surface area contributed by atoms with Gasteiger partial charge in [-0.3, -0.25) is 0 Å². The third-order valence-corrected chi connectivity index (χ3v) is 5.72. The van der Waals surface area contributed by atoms with Gasteiger partial charge in [-0.15, -0.1) is 0 Å². The molecule has 3 aromatic rings. The second-order valence-electron chi connectivity index (χ2n) is 6.15. The maximum Gasteiger partial charge on any atom is 0.257 e. The zero-order chi connectivity index (χ0) is 18.3. The van der Waals surface area contributed by atoms with Crippen molar-refractivity contribution in [3.05, 3.63) is 29.6 Å². The Balaban J connectivity index is 1.64. The molecule has 0 amide bonds. The van der Waals surface area contributed by atoms with Crippen LogP contribution in [0.15, 0.2) is 21.7 Å². The molecule has 0 bridgehead atoms. The zero-order valence-electron chi connectivity index (χ0n) is 14.3. The normalized spacial score (nSPS) is 17.5. The van der Waals surface area contributed by atoms with E-state index in [0.29, 0.717) is 41.4 Å². The first-order chi connectivity index (χ1) is 12.5. The molecule has 3 aromatic heterocycles. The summed E-state index contributed by atoms with van der Waals surface area (Å²) in [6, 6.07) is 1.06. The maximum absolute atomic E-state index is 12.8. The standard InChI is InChI=1S/C15H18N6O4S/c1-9-11-6-10(7-16-15(11)25-19-9)26(22,23)20-12-4-3-5-21-14(12)17-13(18-21)8-24-2/h6-7,12,20H,3-5,8H2,1-2H3/t12-/m1/s1. The van der Waals surface area contributed by atoms with E-state index in [0.717, 1.165) is 6.42 Å². The Morgan fingerprint density at radius 3 is 3.12 bits per heavy atom. The highest BCUT2D eigenvalue weighted by Crippen LogP contribution is 2.26. The molecule has 1 aliphatic rings. The van der Waals surface area contributed by atoms with Gasteiger partial charge >= 0.3 is 0 Å². The Morgan fingerprint density at radius 2 is 2.31 bits per heavy atom. The Bertz CT molecular complexity index is 1060. The average molecular weight is 378 g/mol. The number of rotatable bonds is 5. The maximum atomic E-state index is 12.8. The lowest BCUT2D eigenvalue weighted by Gasteiger charge is -2.22. The van der Waals surface area contributed by atoms with Crippen LogP contribution in [0.1, 0.15) is 36.2 Å². The largest absolute Gasteiger partial charge is 0.377 e. The zero-order valence-corrected chi connectivity index (χ0v) is 15.2. The monoisotopic (exact) mass is 378 g/mol. The van der Waals surface area contributed by atoms with E-state index in [1.807, 2.05) is 0 Å². The van der Waals surface area contributed by atoms with Crippen molar-refractivity contribution in [1.82, 2.24) is 29.6 Å². The molecule has 26 heavy (non-hydrogen) atoms. The van der Waals surface area contributed by atoms with Gasteiger partial charge in [0, 0.05) is 13.7 Å². The first-order valence-electron chi connectivity index (χ1n) is 8.15. The molecule has 0 radical (unpaired) electrons. The van der Waals surface area contributed by atoms with E-state index in [1.165, 1.54) is 12.3 Å². The van der Waals surface area contributed by atoms with Crippen molar-refractivity contribution < 1.29 is 17.7 Å². The predicted octanol–water partition coefficient (Wildman–Crippen LogP) is 1.08. The molecule has 0 aromatic carbocycles. The topological polar surface area (TPSA) is 125 Å². The quantitative estimate of drug-likeness (QED) is 0.699. The van der Waals surface area contributed by atoms with Crippen molar-refractivity contribution in [3.63, 3.8) is 0 Å². The number of hydrogen-bond acceptors (Lipinski definition) is 8. The van der Waals surface area contributed by atoms with E-state index < -0.39 is 16.1 Å². The molecular formula is C15H18N6O4S. The van der Waals surface area contributed by atoms with Crippen molar-refractivity contribution in [2.45, 2.75) is 43.9 Å². The molecular weight excluding hydrogens is 360 g/mol. The van der Waals surface area contributed by atoms with Crippen LogP contribution in [-0.4, -0.2) is 40.4 Å². The molecule has 11 heteroatoms. The number of pyridine rings is 1. The van der Waals surface area contributed by atoms with Crippen LogP contribution in [0.2, 0.25) is 0 Å². The van der Waals surface area contributed by atoms with Crippen molar-refractivity contribution >= 4 is 21.1 Å². The highest BCUT2D eigenvalue weighted by molar-refractivity contribution is 7.89. The summed E-state index contributed by atoms with van der Waals surface area (Å²) in [5, 5.41) is 8.72. The molecule has 0 saturated carbocycles. The van der Waals surface area contributed by atoms with Gasteiger partial charge in [-0.1, -0.05) is 5.16 Å². The molecule has 4 rings (SSSR count). The van der Waals surface area contributed by atoms with E-state index in [-0.39, 0.29) is 11.5 Å².